The third-order valence-electron chi connectivity index (χ3n) is 3.39. The lowest BCUT2D eigenvalue weighted by atomic mass is 10.0. The van der Waals surface area contributed by atoms with Crippen LogP contribution in [0.1, 0.15) is 42.6 Å². The number of benzene rings is 2. The highest BCUT2D eigenvalue weighted by molar-refractivity contribution is 9.10. The van der Waals surface area contributed by atoms with Gasteiger partial charge >= 0.3 is 0 Å². The van der Waals surface area contributed by atoms with Crippen LogP contribution < -0.4 is 5.32 Å². The molecule has 0 heterocycles. The van der Waals surface area contributed by atoms with Crippen LogP contribution in [0.15, 0.2) is 53.0 Å². The van der Waals surface area contributed by atoms with Crippen molar-refractivity contribution >= 4 is 15.9 Å². The fraction of sp³-hybridized carbons (Fsp3) is 0.235. The Hall–Kier alpha value is -1.63. The van der Waals surface area contributed by atoms with E-state index >= 15 is 0 Å². The summed E-state index contributed by atoms with van der Waals surface area (Å²) >= 11 is 3.58. The molecule has 2 atom stereocenters. The summed E-state index contributed by atoms with van der Waals surface area (Å²) in [6.07, 6.45) is 0. The average molecular weight is 329 g/mol. The fourth-order valence-corrected chi connectivity index (χ4v) is 2.89. The van der Waals surface area contributed by atoms with E-state index in [2.05, 4.69) is 53.3 Å². The normalized spacial score (nSPS) is 13.5. The second kappa shape index (κ2) is 6.69. The molecule has 20 heavy (non-hydrogen) atoms. The summed E-state index contributed by atoms with van der Waals surface area (Å²) in [6, 6.07) is 18.5. The lowest BCUT2D eigenvalue weighted by Crippen LogP contribution is -2.22. The van der Waals surface area contributed by atoms with Gasteiger partial charge in [0.05, 0.1) is 11.6 Å². The molecule has 2 aromatic carbocycles. The van der Waals surface area contributed by atoms with Gasteiger partial charge in [0.1, 0.15) is 0 Å². The molecule has 2 aromatic rings. The molecule has 1 unspecified atom stereocenters. The van der Waals surface area contributed by atoms with Gasteiger partial charge < -0.3 is 5.32 Å². The zero-order chi connectivity index (χ0) is 14.5. The molecule has 0 aliphatic heterocycles. The van der Waals surface area contributed by atoms with Gasteiger partial charge in [-0.05, 0) is 43.2 Å². The fourth-order valence-electron chi connectivity index (χ4n) is 2.26. The zero-order valence-electron chi connectivity index (χ0n) is 11.6. The third kappa shape index (κ3) is 3.47. The molecule has 2 nitrogen and oxygen atoms in total. The summed E-state index contributed by atoms with van der Waals surface area (Å²) in [6.45, 7) is 4.26. The Bertz CT molecular complexity index is 631. The Morgan fingerprint density at radius 3 is 2.50 bits per heavy atom. The smallest absolute Gasteiger partial charge is 0.0991 e. The number of rotatable bonds is 4. The maximum absolute atomic E-state index is 8.96. The van der Waals surface area contributed by atoms with Crippen LogP contribution in [-0.4, -0.2) is 0 Å². The second-order valence-corrected chi connectivity index (χ2v) is 5.72. The minimum absolute atomic E-state index is 0.186. The van der Waals surface area contributed by atoms with E-state index in [4.69, 9.17) is 5.26 Å². The highest BCUT2D eigenvalue weighted by atomic mass is 79.9. The first-order valence-corrected chi connectivity index (χ1v) is 7.41. The molecule has 0 aliphatic carbocycles. The van der Waals surface area contributed by atoms with E-state index in [1.54, 1.807) is 0 Å². The van der Waals surface area contributed by atoms with Crippen molar-refractivity contribution in [2.75, 3.05) is 0 Å². The number of nitrogens with zero attached hydrogens (tertiary/aromatic N) is 1. The van der Waals surface area contributed by atoms with Crippen LogP contribution in [0, 0.1) is 11.3 Å². The van der Waals surface area contributed by atoms with Gasteiger partial charge in [0.15, 0.2) is 0 Å². The van der Waals surface area contributed by atoms with Crippen LogP contribution in [0.3, 0.4) is 0 Å². The van der Waals surface area contributed by atoms with Crippen LogP contribution in [0.4, 0.5) is 0 Å². The van der Waals surface area contributed by atoms with Crippen LogP contribution in [0.2, 0.25) is 0 Å². The summed E-state index contributed by atoms with van der Waals surface area (Å²) in [4.78, 5) is 0. The number of nitrogens with one attached hydrogen (secondary N) is 1. The molecule has 0 saturated carbocycles. The summed E-state index contributed by atoms with van der Waals surface area (Å²) < 4.78 is 1.11. The molecule has 0 radical (unpaired) electrons. The molecule has 0 amide bonds. The Morgan fingerprint density at radius 1 is 1.05 bits per heavy atom. The summed E-state index contributed by atoms with van der Waals surface area (Å²) in [7, 11) is 0. The molecule has 0 spiro atoms. The highest BCUT2D eigenvalue weighted by Gasteiger charge is 2.13. The minimum Gasteiger partial charge on any atom is -0.304 e. The predicted octanol–water partition coefficient (Wildman–Crippen LogP) is 4.73. The second-order valence-electron chi connectivity index (χ2n) is 4.87. The number of hydrogen-bond donors (Lipinski definition) is 1. The van der Waals surface area contributed by atoms with Gasteiger partial charge in [-0.25, -0.2) is 0 Å². The Balaban J connectivity index is 2.13. The van der Waals surface area contributed by atoms with Crippen molar-refractivity contribution in [3.63, 3.8) is 0 Å². The van der Waals surface area contributed by atoms with Crippen molar-refractivity contribution in [3.05, 3.63) is 69.7 Å². The van der Waals surface area contributed by atoms with Gasteiger partial charge in [-0.2, -0.15) is 5.26 Å². The lowest BCUT2D eigenvalue weighted by Gasteiger charge is -2.21. The van der Waals surface area contributed by atoms with Gasteiger partial charge in [-0.1, -0.05) is 46.3 Å². The highest BCUT2D eigenvalue weighted by Crippen LogP contribution is 2.25. The van der Waals surface area contributed by atoms with Gasteiger partial charge in [0.2, 0.25) is 0 Å². The standard InChI is InChI=1S/C17H17BrN2/c1-12(15-7-5-6-14(10-15)11-19)20-13(2)16-8-3-4-9-17(16)18/h3-10,12-13,20H,1-2H3/t12?,13-/m1/s1. The van der Waals surface area contributed by atoms with Crippen molar-refractivity contribution < 1.29 is 0 Å². The molecule has 0 aromatic heterocycles. The molecule has 102 valence electrons. The van der Waals surface area contributed by atoms with Crippen molar-refractivity contribution in [1.82, 2.24) is 5.32 Å². The van der Waals surface area contributed by atoms with E-state index in [9.17, 15) is 0 Å². The van der Waals surface area contributed by atoms with Gasteiger partial charge in [-0.15, -0.1) is 0 Å². The molecule has 0 aliphatic rings. The van der Waals surface area contributed by atoms with Gasteiger partial charge in [-0.3, -0.25) is 0 Å². The maximum Gasteiger partial charge on any atom is 0.0991 e. The van der Waals surface area contributed by atoms with Crippen molar-refractivity contribution in [3.8, 4) is 6.07 Å². The zero-order valence-corrected chi connectivity index (χ0v) is 13.2. The molecule has 0 saturated heterocycles. The molecular weight excluding hydrogens is 312 g/mol. The average Bonchev–Trinajstić information content (AvgIpc) is 2.47. The van der Waals surface area contributed by atoms with E-state index in [-0.39, 0.29) is 12.1 Å². The first-order valence-electron chi connectivity index (χ1n) is 6.62. The SMILES string of the molecule is CC(N[C@H](C)c1ccccc1Br)c1cccc(C#N)c1. The van der Waals surface area contributed by atoms with Gasteiger partial charge in [0.25, 0.3) is 0 Å². The largest absolute Gasteiger partial charge is 0.304 e. The number of nitriles is 1. The first kappa shape index (κ1) is 14.8. The van der Waals surface area contributed by atoms with Crippen molar-refractivity contribution in [1.29, 1.82) is 5.26 Å². The van der Waals surface area contributed by atoms with Crippen LogP contribution in [-0.2, 0) is 0 Å². The molecule has 0 fully saturated rings. The molecule has 2 rings (SSSR count). The summed E-state index contributed by atoms with van der Waals surface area (Å²) in [5, 5.41) is 12.5. The van der Waals surface area contributed by atoms with Crippen molar-refractivity contribution in [2.45, 2.75) is 25.9 Å². The van der Waals surface area contributed by atoms with E-state index in [0.717, 1.165) is 10.0 Å². The van der Waals surface area contributed by atoms with Gasteiger partial charge in [0, 0.05) is 16.6 Å². The number of halogens is 1. The Kier molecular flexibility index (Phi) is 4.94. The first-order chi connectivity index (χ1) is 9.61. The number of hydrogen-bond acceptors (Lipinski definition) is 2. The van der Waals surface area contributed by atoms with Crippen LogP contribution in [0.25, 0.3) is 0 Å². The third-order valence-corrected chi connectivity index (χ3v) is 4.11. The monoisotopic (exact) mass is 328 g/mol. The summed E-state index contributed by atoms with van der Waals surface area (Å²) in [5.74, 6) is 0. The molecule has 1 N–H and O–H groups in total. The van der Waals surface area contributed by atoms with Crippen molar-refractivity contribution in [2.24, 2.45) is 0 Å². The summed E-state index contributed by atoms with van der Waals surface area (Å²) in [5.41, 5.74) is 3.06. The van der Waals surface area contributed by atoms with E-state index in [1.165, 1.54) is 5.56 Å². The van der Waals surface area contributed by atoms with Crippen LogP contribution >= 0.6 is 15.9 Å². The quantitative estimate of drug-likeness (QED) is 0.880. The Morgan fingerprint density at radius 2 is 1.80 bits per heavy atom. The van der Waals surface area contributed by atoms with E-state index < -0.39 is 0 Å². The predicted molar refractivity (Wildman–Crippen MR) is 85.3 cm³/mol. The topological polar surface area (TPSA) is 35.8 Å². The maximum atomic E-state index is 8.96. The lowest BCUT2D eigenvalue weighted by molar-refractivity contribution is 0.493. The van der Waals surface area contributed by atoms with E-state index in [1.807, 2.05) is 36.4 Å². The minimum atomic E-state index is 0.186. The molecule has 0 bridgehead atoms. The molecule has 3 heteroatoms. The Labute approximate surface area is 128 Å². The van der Waals surface area contributed by atoms with E-state index in [0.29, 0.717) is 5.56 Å². The molecular formula is C17H17BrN2. The van der Waals surface area contributed by atoms with Crippen LogP contribution in [0.5, 0.6) is 0 Å².